The molecule has 6 heteroatoms. The van der Waals surface area contributed by atoms with Gasteiger partial charge in [0.15, 0.2) is 0 Å². The Morgan fingerprint density at radius 2 is 1.82 bits per heavy atom. The van der Waals surface area contributed by atoms with Gasteiger partial charge in [-0.15, -0.1) is 11.8 Å². The summed E-state index contributed by atoms with van der Waals surface area (Å²) in [6, 6.07) is 8.77. The molecule has 0 saturated heterocycles. The van der Waals surface area contributed by atoms with Crippen LogP contribution in [0.4, 0.5) is 4.79 Å². The summed E-state index contributed by atoms with van der Waals surface area (Å²) in [5.41, 5.74) is 0.414. The van der Waals surface area contributed by atoms with Crippen LogP contribution in [0.2, 0.25) is 0 Å². The number of aliphatic hydroxyl groups is 1. The molecule has 0 aliphatic carbocycles. The fraction of sp³-hybridized carbons (Fsp3) is 0.500. The fourth-order valence-electron chi connectivity index (χ4n) is 1.67. The van der Waals surface area contributed by atoms with Crippen molar-refractivity contribution in [3.05, 3.63) is 35.9 Å². The highest BCUT2D eigenvalue weighted by Gasteiger charge is 2.20. The molecule has 3 N–H and O–H groups in total. The van der Waals surface area contributed by atoms with Crippen LogP contribution < -0.4 is 10.6 Å². The third-order valence-electron chi connectivity index (χ3n) is 2.78. The molecule has 0 aliphatic heterocycles. The average Bonchev–Trinajstić information content (AvgIpc) is 2.43. The van der Waals surface area contributed by atoms with Gasteiger partial charge in [-0.05, 0) is 33.3 Å². The molecule has 122 valence electrons. The number of thioether (sulfide) groups is 1. The van der Waals surface area contributed by atoms with Gasteiger partial charge in [0.2, 0.25) is 5.91 Å². The lowest BCUT2D eigenvalue weighted by Crippen LogP contribution is -2.49. The summed E-state index contributed by atoms with van der Waals surface area (Å²) in [6.45, 7) is 7.23. The molecule has 0 spiro atoms. The van der Waals surface area contributed by atoms with Gasteiger partial charge >= 0.3 is 6.03 Å². The largest absolute Gasteiger partial charge is 0.388 e. The van der Waals surface area contributed by atoms with E-state index in [1.165, 1.54) is 11.8 Å². The quantitative estimate of drug-likeness (QED) is 0.777. The van der Waals surface area contributed by atoms with E-state index in [1.54, 1.807) is 6.92 Å². The third kappa shape index (κ3) is 6.95. The van der Waals surface area contributed by atoms with Crippen molar-refractivity contribution in [2.24, 2.45) is 0 Å². The van der Waals surface area contributed by atoms with Gasteiger partial charge in [-0.2, -0.15) is 0 Å². The molecule has 0 heterocycles. The summed E-state index contributed by atoms with van der Waals surface area (Å²) in [5, 5.41) is 14.6. The Labute approximate surface area is 135 Å². The molecule has 0 bridgehead atoms. The Hall–Kier alpha value is -1.53. The highest BCUT2D eigenvalue weighted by molar-refractivity contribution is 8.00. The van der Waals surface area contributed by atoms with E-state index in [-0.39, 0.29) is 5.91 Å². The van der Waals surface area contributed by atoms with Crippen molar-refractivity contribution in [3.63, 3.8) is 0 Å². The van der Waals surface area contributed by atoms with Gasteiger partial charge in [0, 0.05) is 11.3 Å². The number of hydrogen-bond donors (Lipinski definition) is 3. The molecule has 0 saturated carbocycles. The number of urea groups is 1. The van der Waals surface area contributed by atoms with Crippen molar-refractivity contribution >= 4 is 23.7 Å². The highest BCUT2D eigenvalue weighted by atomic mass is 32.2. The number of carbonyl (C=O) groups is 2. The number of carbonyl (C=O) groups excluding carboxylic acids is 2. The summed E-state index contributed by atoms with van der Waals surface area (Å²) in [5.74, 6) is 0.0199. The number of aliphatic hydroxyl groups excluding tert-OH is 1. The van der Waals surface area contributed by atoms with Crippen LogP contribution in [0.1, 0.15) is 39.4 Å². The third-order valence-corrected chi connectivity index (χ3v) is 4.01. The fourth-order valence-corrected chi connectivity index (χ4v) is 2.54. The van der Waals surface area contributed by atoms with Gasteiger partial charge in [-0.25, -0.2) is 4.79 Å². The standard InChI is InChI=1S/C16H24N2O3S/c1-11(14(20)17-15(21)18-16(2,3)4)22-10-13(19)12-8-6-5-7-9-12/h5-9,11,13,19H,10H2,1-4H3,(H2,17,18,20,21)/t11-,13+/m0/s1. The van der Waals surface area contributed by atoms with Crippen LogP contribution in [0.3, 0.4) is 0 Å². The van der Waals surface area contributed by atoms with Crippen LogP contribution >= 0.6 is 11.8 Å². The molecule has 0 aromatic heterocycles. The Bertz CT molecular complexity index is 500. The lowest BCUT2D eigenvalue weighted by Gasteiger charge is -2.21. The summed E-state index contributed by atoms with van der Waals surface area (Å²) in [4.78, 5) is 23.5. The second-order valence-corrected chi connectivity index (χ2v) is 7.47. The van der Waals surface area contributed by atoms with E-state index in [0.29, 0.717) is 5.75 Å². The molecular weight excluding hydrogens is 300 g/mol. The van der Waals surface area contributed by atoms with Crippen molar-refractivity contribution in [2.45, 2.75) is 44.6 Å². The maximum absolute atomic E-state index is 11.9. The number of rotatable bonds is 5. The van der Waals surface area contributed by atoms with Crippen LogP contribution in [0, 0.1) is 0 Å². The van der Waals surface area contributed by atoms with E-state index < -0.39 is 22.9 Å². The Balaban J connectivity index is 2.40. The van der Waals surface area contributed by atoms with Crippen molar-refractivity contribution in [2.75, 3.05) is 5.75 Å². The Morgan fingerprint density at radius 1 is 1.23 bits per heavy atom. The maximum Gasteiger partial charge on any atom is 0.321 e. The van der Waals surface area contributed by atoms with Crippen molar-refractivity contribution in [1.29, 1.82) is 0 Å². The monoisotopic (exact) mass is 324 g/mol. The van der Waals surface area contributed by atoms with Crippen LogP contribution in [-0.2, 0) is 4.79 Å². The molecule has 1 aromatic carbocycles. The average molecular weight is 324 g/mol. The number of nitrogens with one attached hydrogen (secondary N) is 2. The zero-order valence-corrected chi connectivity index (χ0v) is 14.2. The van der Waals surface area contributed by atoms with Crippen LogP contribution in [0.5, 0.6) is 0 Å². The van der Waals surface area contributed by atoms with Gasteiger partial charge in [0.25, 0.3) is 0 Å². The smallest absolute Gasteiger partial charge is 0.321 e. The molecule has 1 rings (SSSR count). The minimum absolute atomic E-state index is 0.369. The van der Waals surface area contributed by atoms with E-state index >= 15 is 0 Å². The van der Waals surface area contributed by atoms with Crippen molar-refractivity contribution in [3.8, 4) is 0 Å². The second kappa shape index (κ2) is 8.19. The first-order valence-electron chi connectivity index (χ1n) is 7.16. The summed E-state index contributed by atoms with van der Waals surface area (Å²) in [6.07, 6.45) is -0.634. The molecule has 1 aromatic rings. The van der Waals surface area contributed by atoms with Crippen molar-refractivity contribution < 1.29 is 14.7 Å². The summed E-state index contributed by atoms with van der Waals surface area (Å²) in [7, 11) is 0. The highest BCUT2D eigenvalue weighted by Crippen LogP contribution is 2.21. The van der Waals surface area contributed by atoms with Gasteiger partial charge in [0.1, 0.15) is 0 Å². The van der Waals surface area contributed by atoms with Gasteiger partial charge < -0.3 is 10.4 Å². The van der Waals surface area contributed by atoms with Crippen molar-refractivity contribution in [1.82, 2.24) is 10.6 Å². The van der Waals surface area contributed by atoms with E-state index in [1.807, 2.05) is 51.1 Å². The topological polar surface area (TPSA) is 78.4 Å². The van der Waals surface area contributed by atoms with E-state index in [9.17, 15) is 14.7 Å². The van der Waals surface area contributed by atoms with Crippen LogP contribution in [0.25, 0.3) is 0 Å². The molecule has 2 atom stereocenters. The second-order valence-electron chi connectivity index (χ2n) is 6.10. The molecule has 0 radical (unpaired) electrons. The predicted molar refractivity (Wildman–Crippen MR) is 89.7 cm³/mol. The predicted octanol–water partition coefficient (Wildman–Crippen LogP) is 2.47. The molecule has 22 heavy (non-hydrogen) atoms. The molecule has 0 fully saturated rings. The summed E-state index contributed by atoms with van der Waals surface area (Å²) < 4.78 is 0. The minimum atomic E-state index is -0.634. The number of hydrogen-bond acceptors (Lipinski definition) is 4. The lowest BCUT2D eigenvalue weighted by molar-refractivity contribution is -0.119. The Kier molecular flexibility index (Phi) is 6.90. The Morgan fingerprint density at radius 3 is 2.36 bits per heavy atom. The number of benzene rings is 1. The zero-order chi connectivity index (χ0) is 16.8. The first-order valence-corrected chi connectivity index (χ1v) is 8.21. The van der Waals surface area contributed by atoms with Gasteiger partial charge in [-0.3, -0.25) is 10.1 Å². The van der Waals surface area contributed by atoms with Gasteiger partial charge in [0.05, 0.1) is 11.4 Å². The molecule has 3 amide bonds. The number of amides is 3. The van der Waals surface area contributed by atoms with E-state index in [2.05, 4.69) is 10.6 Å². The van der Waals surface area contributed by atoms with E-state index in [0.717, 1.165) is 5.56 Å². The van der Waals surface area contributed by atoms with Crippen LogP contribution in [0.15, 0.2) is 30.3 Å². The first kappa shape index (κ1) is 18.5. The molecule has 0 unspecified atom stereocenters. The van der Waals surface area contributed by atoms with Gasteiger partial charge in [-0.1, -0.05) is 30.3 Å². The molecule has 0 aliphatic rings. The van der Waals surface area contributed by atoms with E-state index in [4.69, 9.17) is 0 Å². The SMILES string of the molecule is C[C@H](SC[C@@H](O)c1ccccc1)C(=O)NC(=O)NC(C)(C)C. The maximum atomic E-state index is 11.9. The van der Waals surface area contributed by atoms with Crippen LogP contribution in [-0.4, -0.2) is 33.6 Å². The zero-order valence-electron chi connectivity index (χ0n) is 13.4. The molecule has 5 nitrogen and oxygen atoms in total. The lowest BCUT2D eigenvalue weighted by atomic mass is 10.1. The normalized spacial score (nSPS) is 14.0. The minimum Gasteiger partial charge on any atom is -0.388 e. The first-order chi connectivity index (χ1) is 10.2. The molecular formula is C16H24N2O3S. The number of imide groups is 1. The summed E-state index contributed by atoms with van der Waals surface area (Å²) >= 11 is 1.31.